The molecule has 0 aliphatic heterocycles. The van der Waals surface area contributed by atoms with E-state index >= 15 is 0 Å². The number of aromatic nitrogens is 4. The number of carbonyl (C=O) groups excluding carboxylic acids is 1. The van der Waals surface area contributed by atoms with E-state index < -0.39 is 5.91 Å². The molecule has 1 aromatic heterocycles. The van der Waals surface area contributed by atoms with Gasteiger partial charge in [-0.25, -0.2) is 0 Å². The minimum Gasteiger partial charge on any atom is -0.423 e. The minimum atomic E-state index is -0.490. The number of tetrazole rings is 1. The minimum absolute atomic E-state index is 0.224. The lowest BCUT2D eigenvalue weighted by molar-refractivity contribution is 0.100. The molecule has 0 aliphatic carbocycles. The number of carbonyl (C=O) groups is 1. The van der Waals surface area contributed by atoms with Crippen molar-refractivity contribution in [3.05, 3.63) is 72.3 Å². The molecule has 1 heterocycles. The Kier molecular flexibility index (Phi) is 3.59. The summed E-state index contributed by atoms with van der Waals surface area (Å²) in [6, 6.07) is 20.6. The Hall–Kier alpha value is -3.74. The molecule has 0 bridgehead atoms. The number of rotatable bonds is 4. The van der Waals surface area contributed by atoms with Crippen molar-refractivity contribution in [1.29, 1.82) is 0 Å². The van der Waals surface area contributed by atoms with Crippen LogP contribution in [0, 0.1) is 0 Å². The van der Waals surface area contributed by atoms with Crippen LogP contribution in [0.15, 0.2) is 66.7 Å². The first-order valence-electron chi connectivity index (χ1n) is 7.56. The van der Waals surface area contributed by atoms with Gasteiger partial charge in [0.05, 0.1) is 5.69 Å². The lowest BCUT2D eigenvalue weighted by Crippen LogP contribution is -2.10. The van der Waals surface area contributed by atoms with E-state index in [-0.39, 0.29) is 6.01 Å². The Morgan fingerprint density at radius 2 is 1.72 bits per heavy atom. The molecule has 0 fully saturated rings. The summed E-state index contributed by atoms with van der Waals surface area (Å²) in [5, 5.41) is 13.7. The molecule has 3 aromatic carbocycles. The van der Waals surface area contributed by atoms with Gasteiger partial charge in [-0.2, -0.15) is 4.68 Å². The molecule has 7 nitrogen and oxygen atoms in total. The molecule has 0 spiro atoms. The van der Waals surface area contributed by atoms with Crippen LogP contribution in [0.3, 0.4) is 0 Å². The third-order valence-corrected chi connectivity index (χ3v) is 3.77. The highest BCUT2D eigenvalue weighted by Gasteiger charge is 2.11. The number of ether oxygens (including phenoxy) is 1. The number of hydrogen-bond acceptors (Lipinski definition) is 5. The molecule has 0 atom stereocenters. The smallest absolute Gasteiger partial charge is 0.345 e. The molecule has 25 heavy (non-hydrogen) atoms. The molecule has 0 radical (unpaired) electrons. The molecule has 4 rings (SSSR count). The third-order valence-electron chi connectivity index (χ3n) is 3.77. The van der Waals surface area contributed by atoms with Gasteiger partial charge in [0.15, 0.2) is 0 Å². The van der Waals surface area contributed by atoms with Gasteiger partial charge in [-0.3, -0.25) is 4.79 Å². The van der Waals surface area contributed by atoms with Crippen molar-refractivity contribution in [1.82, 2.24) is 20.2 Å². The highest BCUT2D eigenvalue weighted by molar-refractivity contribution is 5.92. The summed E-state index contributed by atoms with van der Waals surface area (Å²) >= 11 is 0. The van der Waals surface area contributed by atoms with Crippen LogP contribution in [0.5, 0.6) is 11.8 Å². The standard InChI is InChI=1S/C18H13N5O2/c19-17(24)13-5-8-15(9-6-13)23-18(20-21-22-23)25-16-10-7-12-3-1-2-4-14(12)11-16/h1-11H,(H2,19,24). The van der Waals surface area contributed by atoms with Crippen molar-refractivity contribution in [2.24, 2.45) is 5.73 Å². The molecule has 0 saturated heterocycles. The lowest BCUT2D eigenvalue weighted by Gasteiger charge is -2.07. The van der Waals surface area contributed by atoms with Crippen LogP contribution >= 0.6 is 0 Å². The fraction of sp³-hybridized carbons (Fsp3) is 0. The van der Waals surface area contributed by atoms with E-state index in [1.807, 2.05) is 42.5 Å². The molecule has 1 amide bonds. The van der Waals surface area contributed by atoms with Gasteiger partial charge in [-0.05, 0) is 57.6 Å². The Labute approximate surface area is 142 Å². The van der Waals surface area contributed by atoms with Crippen LogP contribution in [-0.4, -0.2) is 26.1 Å². The second-order valence-electron chi connectivity index (χ2n) is 5.40. The SMILES string of the molecule is NC(=O)c1ccc(-n2nnnc2Oc2ccc3ccccc3c2)cc1. The van der Waals surface area contributed by atoms with E-state index in [4.69, 9.17) is 10.5 Å². The summed E-state index contributed by atoms with van der Waals surface area (Å²) in [5.74, 6) is 0.138. The molecule has 7 heteroatoms. The van der Waals surface area contributed by atoms with Gasteiger partial charge in [0.1, 0.15) is 5.75 Å². The zero-order valence-corrected chi connectivity index (χ0v) is 13.0. The molecule has 0 saturated carbocycles. The third kappa shape index (κ3) is 2.90. The first kappa shape index (κ1) is 14.8. The van der Waals surface area contributed by atoms with Gasteiger partial charge in [0.2, 0.25) is 5.91 Å². The monoisotopic (exact) mass is 331 g/mol. The van der Waals surface area contributed by atoms with Gasteiger partial charge >= 0.3 is 6.01 Å². The van der Waals surface area contributed by atoms with E-state index in [0.717, 1.165) is 10.8 Å². The van der Waals surface area contributed by atoms with Crippen LogP contribution < -0.4 is 10.5 Å². The highest BCUT2D eigenvalue weighted by atomic mass is 16.5. The summed E-state index contributed by atoms with van der Waals surface area (Å²) in [4.78, 5) is 11.2. The van der Waals surface area contributed by atoms with E-state index in [0.29, 0.717) is 17.0 Å². The second-order valence-corrected chi connectivity index (χ2v) is 5.40. The lowest BCUT2D eigenvalue weighted by atomic mass is 10.1. The van der Waals surface area contributed by atoms with E-state index in [1.54, 1.807) is 24.3 Å². The molecule has 0 unspecified atom stereocenters. The predicted molar refractivity (Wildman–Crippen MR) is 91.7 cm³/mol. The average Bonchev–Trinajstić information content (AvgIpc) is 3.10. The summed E-state index contributed by atoms with van der Waals surface area (Å²) in [7, 11) is 0. The van der Waals surface area contributed by atoms with Gasteiger partial charge in [-0.15, -0.1) is 0 Å². The molecule has 0 aliphatic rings. The van der Waals surface area contributed by atoms with Crippen LogP contribution in [0.1, 0.15) is 10.4 Å². The van der Waals surface area contributed by atoms with Crippen LogP contribution in [0.2, 0.25) is 0 Å². The highest BCUT2D eigenvalue weighted by Crippen LogP contribution is 2.25. The van der Waals surface area contributed by atoms with Gasteiger partial charge in [-0.1, -0.05) is 35.4 Å². The Morgan fingerprint density at radius 3 is 2.48 bits per heavy atom. The summed E-state index contributed by atoms with van der Waals surface area (Å²) < 4.78 is 7.27. The van der Waals surface area contributed by atoms with Crippen molar-refractivity contribution in [3.63, 3.8) is 0 Å². The molecule has 2 N–H and O–H groups in total. The van der Waals surface area contributed by atoms with Crippen molar-refractivity contribution >= 4 is 16.7 Å². The zero-order chi connectivity index (χ0) is 17.2. The number of primary amides is 1. The quantitative estimate of drug-likeness (QED) is 0.620. The largest absolute Gasteiger partial charge is 0.423 e. The first-order valence-corrected chi connectivity index (χ1v) is 7.56. The van der Waals surface area contributed by atoms with E-state index in [2.05, 4.69) is 15.5 Å². The number of fused-ring (bicyclic) bond motifs is 1. The molecule has 4 aromatic rings. The number of hydrogen-bond donors (Lipinski definition) is 1. The van der Waals surface area contributed by atoms with Crippen molar-refractivity contribution in [2.45, 2.75) is 0 Å². The number of amides is 1. The van der Waals surface area contributed by atoms with Gasteiger partial charge in [0.25, 0.3) is 0 Å². The molecular weight excluding hydrogens is 318 g/mol. The average molecular weight is 331 g/mol. The Morgan fingerprint density at radius 1 is 0.960 bits per heavy atom. The predicted octanol–water partition coefficient (Wildman–Crippen LogP) is 2.71. The van der Waals surface area contributed by atoms with Crippen LogP contribution in [0.25, 0.3) is 16.5 Å². The van der Waals surface area contributed by atoms with Crippen molar-refractivity contribution in [2.75, 3.05) is 0 Å². The maximum Gasteiger partial charge on any atom is 0.345 e. The maximum atomic E-state index is 11.2. The number of benzene rings is 3. The Balaban J connectivity index is 1.65. The van der Waals surface area contributed by atoms with Gasteiger partial charge < -0.3 is 10.5 Å². The fourth-order valence-corrected chi connectivity index (χ4v) is 2.51. The second kappa shape index (κ2) is 6.04. The normalized spacial score (nSPS) is 10.7. The Bertz CT molecular complexity index is 1060. The fourth-order valence-electron chi connectivity index (χ4n) is 2.51. The number of nitrogens with zero attached hydrogens (tertiary/aromatic N) is 4. The zero-order valence-electron chi connectivity index (χ0n) is 13.0. The summed E-state index contributed by atoms with van der Waals surface area (Å²) in [6.07, 6.45) is 0. The van der Waals surface area contributed by atoms with Crippen LogP contribution in [0.4, 0.5) is 0 Å². The maximum absolute atomic E-state index is 11.2. The molecular formula is C18H13N5O2. The molecule has 122 valence electrons. The van der Waals surface area contributed by atoms with E-state index in [9.17, 15) is 4.79 Å². The van der Waals surface area contributed by atoms with Gasteiger partial charge in [0, 0.05) is 5.56 Å². The van der Waals surface area contributed by atoms with Crippen molar-refractivity contribution < 1.29 is 9.53 Å². The van der Waals surface area contributed by atoms with Crippen molar-refractivity contribution in [3.8, 4) is 17.4 Å². The number of nitrogens with two attached hydrogens (primary N) is 1. The van der Waals surface area contributed by atoms with E-state index in [1.165, 1.54) is 4.68 Å². The summed E-state index contributed by atoms with van der Waals surface area (Å²) in [6.45, 7) is 0. The summed E-state index contributed by atoms with van der Waals surface area (Å²) in [5.41, 5.74) is 6.32. The topological polar surface area (TPSA) is 95.9 Å². The van der Waals surface area contributed by atoms with Crippen LogP contribution in [-0.2, 0) is 0 Å². The first-order chi connectivity index (χ1) is 12.2.